The largest absolute Gasteiger partial charge is 0.380 e. The van der Waals surface area contributed by atoms with Crippen molar-refractivity contribution in [1.29, 1.82) is 5.26 Å². The number of nitrogens with zero attached hydrogens (tertiary/aromatic N) is 1. The average Bonchev–Trinajstić information content (AvgIpc) is 2.43. The monoisotopic (exact) mass is 260 g/mol. The normalized spacial score (nSPS) is 14.1. The molecule has 1 aromatic rings. The van der Waals surface area contributed by atoms with Crippen molar-refractivity contribution in [3.05, 3.63) is 35.4 Å². The molecule has 0 spiro atoms. The molecule has 0 saturated heterocycles. The summed E-state index contributed by atoms with van der Waals surface area (Å²) < 4.78 is 5.52. The van der Waals surface area contributed by atoms with Crippen LogP contribution in [0.25, 0.3) is 0 Å². The van der Waals surface area contributed by atoms with Gasteiger partial charge in [-0.05, 0) is 37.5 Å². The lowest BCUT2D eigenvalue weighted by molar-refractivity contribution is 0.104. The van der Waals surface area contributed by atoms with Crippen LogP contribution in [0.5, 0.6) is 0 Å². The first-order valence-corrected chi connectivity index (χ1v) is 6.92. The molecular weight excluding hydrogens is 236 g/mol. The second kappa shape index (κ2) is 7.93. The maximum absolute atomic E-state index is 8.80. The number of rotatable bonds is 7. The zero-order chi connectivity index (χ0) is 14.3. The third-order valence-electron chi connectivity index (χ3n) is 3.31. The van der Waals surface area contributed by atoms with Gasteiger partial charge in [0, 0.05) is 18.7 Å². The minimum absolute atomic E-state index is 0.251. The smallest absolute Gasteiger partial charge is 0.0991 e. The van der Waals surface area contributed by atoms with E-state index in [0.717, 1.165) is 13.2 Å². The van der Waals surface area contributed by atoms with Crippen molar-refractivity contribution in [3.63, 3.8) is 0 Å². The van der Waals surface area contributed by atoms with Gasteiger partial charge in [-0.3, -0.25) is 0 Å². The number of nitriles is 1. The maximum atomic E-state index is 8.80. The summed E-state index contributed by atoms with van der Waals surface area (Å²) in [7, 11) is 0. The highest BCUT2D eigenvalue weighted by Gasteiger charge is 2.16. The second-order valence-electron chi connectivity index (χ2n) is 5.13. The quantitative estimate of drug-likeness (QED) is 0.818. The minimum Gasteiger partial charge on any atom is -0.380 e. The first kappa shape index (κ1) is 15.7. The molecule has 0 saturated carbocycles. The Morgan fingerprint density at radius 1 is 1.21 bits per heavy atom. The number of nitrogens with one attached hydrogen (secondary N) is 1. The van der Waals surface area contributed by atoms with Gasteiger partial charge in [-0.1, -0.05) is 26.0 Å². The van der Waals surface area contributed by atoms with Crippen molar-refractivity contribution >= 4 is 0 Å². The van der Waals surface area contributed by atoms with Crippen molar-refractivity contribution in [2.45, 2.75) is 39.8 Å². The Kier molecular flexibility index (Phi) is 6.55. The first-order chi connectivity index (χ1) is 9.08. The lowest BCUT2D eigenvalue weighted by Crippen LogP contribution is -2.39. The van der Waals surface area contributed by atoms with E-state index in [0.29, 0.717) is 17.5 Å². The molecule has 1 aromatic carbocycles. The molecule has 1 N–H and O–H groups in total. The van der Waals surface area contributed by atoms with Crippen molar-refractivity contribution in [2.75, 3.05) is 13.2 Å². The summed E-state index contributed by atoms with van der Waals surface area (Å²) in [5.74, 6) is 0.521. The van der Waals surface area contributed by atoms with E-state index in [2.05, 4.69) is 32.2 Å². The Labute approximate surface area is 116 Å². The lowest BCUT2D eigenvalue weighted by atomic mass is 10.0. The molecule has 104 valence electrons. The highest BCUT2D eigenvalue weighted by atomic mass is 16.5. The van der Waals surface area contributed by atoms with E-state index in [9.17, 15) is 0 Å². The molecule has 0 aliphatic carbocycles. The van der Waals surface area contributed by atoms with Crippen LogP contribution in [0.15, 0.2) is 24.3 Å². The molecule has 0 aliphatic rings. The summed E-state index contributed by atoms with van der Waals surface area (Å²) in [5.41, 5.74) is 1.90. The van der Waals surface area contributed by atoms with Crippen LogP contribution in [0.1, 0.15) is 44.9 Å². The Morgan fingerprint density at radius 2 is 1.84 bits per heavy atom. The molecule has 3 heteroatoms. The number of benzene rings is 1. The van der Waals surface area contributed by atoms with Gasteiger partial charge in [-0.15, -0.1) is 0 Å². The van der Waals surface area contributed by atoms with E-state index in [4.69, 9.17) is 10.00 Å². The molecule has 19 heavy (non-hydrogen) atoms. The molecule has 0 fully saturated rings. The zero-order valence-electron chi connectivity index (χ0n) is 12.3. The molecule has 0 bridgehead atoms. The van der Waals surface area contributed by atoms with Gasteiger partial charge in [0.1, 0.15) is 0 Å². The molecule has 2 atom stereocenters. The standard InChI is InChI=1S/C16H24N2O/c1-5-19-11-16(12(2)3)18-13(4)15-8-6-14(10-17)7-9-15/h6-9,12-13,16,18H,5,11H2,1-4H3. The average molecular weight is 260 g/mol. The molecule has 0 aliphatic heterocycles. The van der Waals surface area contributed by atoms with Crippen LogP contribution >= 0.6 is 0 Å². The Balaban J connectivity index is 2.64. The van der Waals surface area contributed by atoms with Gasteiger partial charge in [0.05, 0.1) is 18.2 Å². The fourth-order valence-corrected chi connectivity index (χ4v) is 1.94. The summed E-state index contributed by atoms with van der Waals surface area (Å²) in [6, 6.07) is 10.5. The van der Waals surface area contributed by atoms with Crippen LogP contribution in [0.4, 0.5) is 0 Å². The molecule has 2 unspecified atom stereocenters. The third-order valence-corrected chi connectivity index (χ3v) is 3.31. The topological polar surface area (TPSA) is 45.0 Å². The van der Waals surface area contributed by atoms with E-state index in [1.165, 1.54) is 5.56 Å². The first-order valence-electron chi connectivity index (χ1n) is 6.92. The van der Waals surface area contributed by atoms with Gasteiger partial charge in [-0.2, -0.15) is 5.26 Å². The lowest BCUT2D eigenvalue weighted by Gasteiger charge is -2.26. The van der Waals surface area contributed by atoms with Crippen molar-refractivity contribution < 1.29 is 4.74 Å². The molecule has 0 radical (unpaired) electrons. The van der Waals surface area contributed by atoms with E-state index in [1.54, 1.807) is 0 Å². The van der Waals surface area contributed by atoms with Crippen LogP contribution in [0, 0.1) is 17.2 Å². The van der Waals surface area contributed by atoms with Crippen molar-refractivity contribution in [3.8, 4) is 6.07 Å². The van der Waals surface area contributed by atoms with Crippen LogP contribution in [-0.2, 0) is 4.74 Å². The molecular formula is C16H24N2O. The second-order valence-corrected chi connectivity index (χ2v) is 5.13. The Hall–Kier alpha value is -1.37. The molecule has 0 amide bonds. The SMILES string of the molecule is CCOCC(NC(C)c1ccc(C#N)cc1)C(C)C. The highest BCUT2D eigenvalue weighted by molar-refractivity contribution is 5.32. The van der Waals surface area contributed by atoms with Gasteiger partial charge in [0.25, 0.3) is 0 Å². The predicted molar refractivity (Wildman–Crippen MR) is 77.8 cm³/mol. The molecule has 0 aromatic heterocycles. The minimum atomic E-state index is 0.251. The summed E-state index contributed by atoms with van der Waals surface area (Å²) in [5, 5.41) is 12.4. The zero-order valence-corrected chi connectivity index (χ0v) is 12.3. The van der Waals surface area contributed by atoms with Gasteiger partial charge in [0.15, 0.2) is 0 Å². The summed E-state index contributed by atoms with van der Waals surface area (Å²) in [4.78, 5) is 0. The van der Waals surface area contributed by atoms with E-state index < -0.39 is 0 Å². The van der Waals surface area contributed by atoms with Gasteiger partial charge in [-0.25, -0.2) is 0 Å². The van der Waals surface area contributed by atoms with Crippen LogP contribution in [0.2, 0.25) is 0 Å². The fourth-order valence-electron chi connectivity index (χ4n) is 1.94. The fraction of sp³-hybridized carbons (Fsp3) is 0.562. The molecule has 3 nitrogen and oxygen atoms in total. The highest BCUT2D eigenvalue weighted by Crippen LogP contribution is 2.16. The molecule has 1 rings (SSSR count). The Bertz CT molecular complexity index is 406. The van der Waals surface area contributed by atoms with E-state index in [-0.39, 0.29) is 6.04 Å². The molecule has 0 heterocycles. The number of hydrogen-bond acceptors (Lipinski definition) is 3. The predicted octanol–water partition coefficient (Wildman–Crippen LogP) is 3.27. The summed E-state index contributed by atoms with van der Waals surface area (Å²) >= 11 is 0. The van der Waals surface area contributed by atoms with E-state index in [1.807, 2.05) is 31.2 Å². The van der Waals surface area contributed by atoms with Crippen LogP contribution in [0.3, 0.4) is 0 Å². The maximum Gasteiger partial charge on any atom is 0.0991 e. The Morgan fingerprint density at radius 3 is 2.32 bits per heavy atom. The summed E-state index contributed by atoms with van der Waals surface area (Å²) in [6.07, 6.45) is 0. The number of hydrogen-bond donors (Lipinski definition) is 1. The van der Waals surface area contributed by atoms with Gasteiger partial charge in [0.2, 0.25) is 0 Å². The van der Waals surface area contributed by atoms with Crippen molar-refractivity contribution in [1.82, 2.24) is 5.32 Å². The third kappa shape index (κ3) is 5.02. The number of ether oxygens (including phenoxy) is 1. The summed E-state index contributed by atoms with van der Waals surface area (Å²) in [6.45, 7) is 10.0. The van der Waals surface area contributed by atoms with Crippen LogP contribution in [-0.4, -0.2) is 19.3 Å². The van der Waals surface area contributed by atoms with Crippen LogP contribution < -0.4 is 5.32 Å². The van der Waals surface area contributed by atoms with Crippen molar-refractivity contribution in [2.24, 2.45) is 5.92 Å². The van der Waals surface area contributed by atoms with Gasteiger partial charge >= 0.3 is 0 Å². The van der Waals surface area contributed by atoms with Gasteiger partial charge < -0.3 is 10.1 Å². The van der Waals surface area contributed by atoms with E-state index >= 15 is 0 Å².